The summed E-state index contributed by atoms with van der Waals surface area (Å²) in [5, 5.41) is 13.1. The second-order valence-corrected chi connectivity index (χ2v) is 7.68. The number of nitrogens with zero attached hydrogens (tertiary/aromatic N) is 1. The van der Waals surface area contributed by atoms with Crippen LogP contribution in [0.1, 0.15) is 66.7 Å². The van der Waals surface area contributed by atoms with E-state index >= 15 is 0 Å². The van der Waals surface area contributed by atoms with Gasteiger partial charge < -0.3 is 4.74 Å². The first-order chi connectivity index (χ1) is 9.29. The summed E-state index contributed by atoms with van der Waals surface area (Å²) in [7, 11) is 0. The predicted molar refractivity (Wildman–Crippen MR) is 83.5 cm³/mol. The number of ether oxygens (including phenoxy) is 1. The summed E-state index contributed by atoms with van der Waals surface area (Å²) in [6.07, 6.45) is 5.37. The van der Waals surface area contributed by atoms with Crippen LogP contribution in [-0.2, 0) is 4.74 Å². The molecule has 3 heteroatoms. The van der Waals surface area contributed by atoms with E-state index in [0.717, 1.165) is 45.3 Å². The van der Waals surface area contributed by atoms with Crippen LogP contribution in [0.3, 0.4) is 0 Å². The van der Waals surface area contributed by atoms with Crippen LogP contribution in [0.15, 0.2) is 0 Å². The Bertz CT molecular complexity index is 327. The highest BCUT2D eigenvalue weighted by Gasteiger charge is 2.43. The minimum absolute atomic E-state index is 0.318. The molecule has 1 rings (SSSR count). The topological polar surface area (TPSA) is 45.0 Å². The standard InChI is InChI=1S/C17H32N2O/c1-14(2)19-17(13-18)9-6-7-15(17)8-11-20-12-10-16(3,4)5/h14-15,19H,6-12H2,1-5H3. The molecule has 1 N–H and O–H groups in total. The molecule has 2 atom stereocenters. The highest BCUT2D eigenvalue weighted by molar-refractivity contribution is 5.14. The first-order valence-corrected chi connectivity index (χ1v) is 8.06. The maximum atomic E-state index is 9.59. The van der Waals surface area contributed by atoms with Gasteiger partial charge in [0.25, 0.3) is 0 Å². The van der Waals surface area contributed by atoms with Crippen molar-refractivity contribution in [2.45, 2.75) is 78.3 Å². The third-order valence-electron chi connectivity index (χ3n) is 4.17. The highest BCUT2D eigenvalue weighted by atomic mass is 16.5. The van der Waals surface area contributed by atoms with Crippen molar-refractivity contribution >= 4 is 0 Å². The molecule has 0 bridgehead atoms. The van der Waals surface area contributed by atoms with Gasteiger partial charge in [-0.2, -0.15) is 5.26 Å². The molecule has 20 heavy (non-hydrogen) atoms. The Morgan fingerprint density at radius 1 is 1.35 bits per heavy atom. The van der Waals surface area contributed by atoms with Crippen LogP contribution in [-0.4, -0.2) is 24.8 Å². The van der Waals surface area contributed by atoms with E-state index in [0.29, 0.717) is 17.4 Å². The molecule has 0 aromatic heterocycles. The van der Waals surface area contributed by atoms with Gasteiger partial charge >= 0.3 is 0 Å². The quantitative estimate of drug-likeness (QED) is 0.720. The Morgan fingerprint density at radius 3 is 2.60 bits per heavy atom. The number of nitrogens with one attached hydrogen (secondary N) is 1. The van der Waals surface area contributed by atoms with Gasteiger partial charge in [-0.05, 0) is 50.9 Å². The van der Waals surface area contributed by atoms with E-state index in [9.17, 15) is 5.26 Å². The van der Waals surface area contributed by atoms with Crippen molar-refractivity contribution in [2.24, 2.45) is 11.3 Å². The molecule has 0 amide bonds. The third-order valence-corrected chi connectivity index (χ3v) is 4.17. The van der Waals surface area contributed by atoms with Crippen molar-refractivity contribution < 1.29 is 4.74 Å². The molecule has 2 unspecified atom stereocenters. The van der Waals surface area contributed by atoms with Crippen LogP contribution in [0, 0.1) is 22.7 Å². The summed E-state index contributed by atoms with van der Waals surface area (Å²) in [4.78, 5) is 0. The van der Waals surface area contributed by atoms with Crippen molar-refractivity contribution in [3.8, 4) is 6.07 Å². The van der Waals surface area contributed by atoms with Gasteiger partial charge in [0.1, 0.15) is 5.54 Å². The lowest BCUT2D eigenvalue weighted by Crippen LogP contribution is -2.50. The molecule has 0 aliphatic heterocycles. The van der Waals surface area contributed by atoms with Crippen LogP contribution in [0.25, 0.3) is 0 Å². The van der Waals surface area contributed by atoms with E-state index in [1.54, 1.807) is 0 Å². The smallest absolute Gasteiger partial charge is 0.109 e. The van der Waals surface area contributed by atoms with Crippen molar-refractivity contribution in [3.63, 3.8) is 0 Å². The van der Waals surface area contributed by atoms with Crippen LogP contribution in [0.4, 0.5) is 0 Å². The predicted octanol–water partition coefficient (Wildman–Crippen LogP) is 3.89. The molecule has 0 saturated heterocycles. The van der Waals surface area contributed by atoms with E-state index in [4.69, 9.17) is 4.74 Å². The van der Waals surface area contributed by atoms with Gasteiger partial charge in [0.2, 0.25) is 0 Å². The summed E-state index contributed by atoms with van der Waals surface area (Å²) >= 11 is 0. The zero-order chi connectivity index (χ0) is 15.2. The molecule has 0 spiro atoms. The van der Waals surface area contributed by atoms with Crippen molar-refractivity contribution in [1.29, 1.82) is 5.26 Å². The van der Waals surface area contributed by atoms with Crippen molar-refractivity contribution in [2.75, 3.05) is 13.2 Å². The molecule has 1 aliphatic carbocycles. The normalized spacial score (nSPS) is 26.9. The first kappa shape index (κ1) is 17.5. The molecule has 1 saturated carbocycles. The van der Waals surface area contributed by atoms with Crippen LogP contribution >= 0.6 is 0 Å². The zero-order valence-corrected chi connectivity index (χ0v) is 14.0. The van der Waals surface area contributed by atoms with E-state index in [1.165, 1.54) is 0 Å². The van der Waals surface area contributed by atoms with Gasteiger partial charge in [-0.25, -0.2) is 0 Å². The Morgan fingerprint density at radius 2 is 2.05 bits per heavy atom. The maximum absolute atomic E-state index is 9.59. The fourth-order valence-corrected chi connectivity index (χ4v) is 3.06. The number of hydrogen-bond acceptors (Lipinski definition) is 3. The molecule has 116 valence electrons. The summed E-state index contributed by atoms with van der Waals surface area (Å²) < 4.78 is 5.78. The summed E-state index contributed by atoms with van der Waals surface area (Å²) in [5.41, 5.74) is 0.0184. The van der Waals surface area contributed by atoms with Gasteiger partial charge in [0, 0.05) is 19.3 Å². The molecule has 3 nitrogen and oxygen atoms in total. The number of hydrogen-bond donors (Lipinski definition) is 1. The number of nitriles is 1. The second-order valence-electron chi connectivity index (χ2n) is 7.68. The minimum atomic E-state index is -0.318. The SMILES string of the molecule is CC(C)NC1(C#N)CCCC1CCOCCC(C)(C)C. The average Bonchev–Trinajstić information content (AvgIpc) is 2.70. The maximum Gasteiger partial charge on any atom is 0.109 e. The summed E-state index contributed by atoms with van der Waals surface area (Å²) in [5.74, 6) is 0.435. The molecule has 0 heterocycles. The highest BCUT2D eigenvalue weighted by Crippen LogP contribution is 2.38. The molecular formula is C17H32N2O. The van der Waals surface area contributed by atoms with Gasteiger partial charge in [-0.15, -0.1) is 0 Å². The van der Waals surface area contributed by atoms with Gasteiger partial charge in [-0.1, -0.05) is 27.2 Å². The lowest BCUT2D eigenvalue weighted by Gasteiger charge is -2.32. The Labute approximate surface area is 125 Å². The summed E-state index contributed by atoms with van der Waals surface area (Å²) in [6, 6.07) is 2.92. The van der Waals surface area contributed by atoms with E-state index in [2.05, 4.69) is 46.0 Å². The Hall–Kier alpha value is -0.590. The second kappa shape index (κ2) is 7.43. The molecule has 0 aromatic carbocycles. The Balaban J connectivity index is 2.37. The van der Waals surface area contributed by atoms with Crippen LogP contribution < -0.4 is 5.32 Å². The fourth-order valence-electron chi connectivity index (χ4n) is 3.06. The Kier molecular flexibility index (Phi) is 6.48. The lowest BCUT2D eigenvalue weighted by atomic mass is 9.85. The zero-order valence-electron chi connectivity index (χ0n) is 14.0. The fraction of sp³-hybridized carbons (Fsp3) is 0.941. The molecule has 0 radical (unpaired) electrons. The largest absolute Gasteiger partial charge is 0.381 e. The van der Waals surface area contributed by atoms with E-state index < -0.39 is 0 Å². The molecular weight excluding hydrogens is 248 g/mol. The van der Waals surface area contributed by atoms with Gasteiger partial charge in [0.05, 0.1) is 6.07 Å². The van der Waals surface area contributed by atoms with E-state index in [1.807, 2.05) is 0 Å². The molecule has 0 aromatic rings. The summed E-state index contributed by atoms with van der Waals surface area (Å²) in [6.45, 7) is 12.6. The third kappa shape index (κ3) is 5.42. The van der Waals surface area contributed by atoms with Crippen molar-refractivity contribution in [1.82, 2.24) is 5.32 Å². The number of rotatable bonds is 7. The monoisotopic (exact) mass is 280 g/mol. The van der Waals surface area contributed by atoms with Crippen LogP contribution in [0.2, 0.25) is 0 Å². The average molecular weight is 280 g/mol. The van der Waals surface area contributed by atoms with Gasteiger partial charge in [0.15, 0.2) is 0 Å². The molecule has 1 fully saturated rings. The van der Waals surface area contributed by atoms with E-state index in [-0.39, 0.29) is 5.54 Å². The van der Waals surface area contributed by atoms with Gasteiger partial charge in [-0.3, -0.25) is 5.32 Å². The first-order valence-electron chi connectivity index (χ1n) is 8.06. The van der Waals surface area contributed by atoms with Crippen LogP contribution in [0.5, 0.6) is 0 Å². The lowest BCUT2D eigenvalue weighted by molar-refractivity contribution is 0.0901. The minimum Gasteiger partial charge on any atom is -0.381 e. The van der Waals surface area contributed by atoms with Crippen molar-refractivity contribution in [3.05, 3.63) is 0 Å². The molecule has 1 aliphatic rings.